The van der Waals surface area contributed by atoms with Crippen molar-refractivity contribution in [1.82, 2.24) is 10.1 Å². The van der Waals surface area contributed by atoms with E-state index in [-0.39, 0.29) is 11.5 Å². The second-order valence-electron chi connectivity index (χ2n) is 6.53. The lowest BCUT2D eigenvalue weighted by Crippen LogP contribution is -2.40. The van der Waals surface area contributed by atoms with Gasteiger partial charge in [0.2, 0.25) is 5.89 Å². The van der Waals surface area contributed by atoms with Crippen LogP contribution in [0.5, 0.6) is 0 Å². The van der Waals surface area contributed by atoms with Crippen molar-refractivity contribution in [3.8, 4) is 0 Å². The summed E-state index contributed by atoms with van der Waals surface area (Å²) in [4.78, 5) is 4.36. The molecule has 1 rings (SSSR count). The van der Waals surface area contributed by atoms with Crippen LogP contribution in [-0.4, -0.2) is 22.9 Å². The minimum atomic E-state index is -0.718. The average molecular weight is 255 g/mol. The average Bonchev–Trinajstić information content (AvgIpc) is 2.61. The van der Waals surface area contributed by atoms with Crippen molar-refractivity contribution in [2.45, 2.75) is 59.6 Å². The molecule has 104 valence electrons. The third-order valence-electron chi connectivity index (χ3n) is 2.38. The van der Waals surface area contributed by atoms with Gasteiger partial charge >= 0.3 is 0 Å². The van der Waals surface area contributed by atoms with E-state index in [1.807, 2.05) is 20.8 Å². The summed E-state index contributed by atoms with van der Waals surface area (Å²) < 4.78 is 10.8. The largest absolute Gasteiger partial charge is 0.376 e. The number of aromatic nitrogens is 2. The molecule has 0 bridgehead atoms. The molecule has 0 spiro atoms. The third kappa shape index (κ3) is 4.74. The summed E-state index contributed by atoms with van der Waals surface area (Å²) in [5.41, 5.74) is 5.55. The second kappa shape index (κ2) is 5.36. The van der Waals surface area contributed by atoms with E-state index >= 15 is 0 Å². The van der Waals surface area contributed by atoms with Crippen LogP contribution in [0.4, 0.5) is 0 Å². The first-order valence-electron chi connectivity index (χ1n) is 6.34. The lowest BCUT2D eigenvalue weighted by atomic mass is 9.92. The van der Waals surface area contributed by atoms with Crippen LogP contribution in [0.25, 0.3) is 0 Å². The first-order valence-corrected chi connectivity index (χ1v) is 6.34. The van der Waals surface area contributed by atoms with Crippen molar-refractivity contribution in [1.29, 1.82) is 0 Å². The van der Waals surface area contributed by atoms with Gasteiger partial charge in [-0.2, -0.15) is 4.98 Å². The Kier molecular flexibility index (Phi) is 4.50. The number of nitrogens with zero attached hydrogens (tertiary/aromatic N) is 2. The van der Waals surface area contributed by atoms with E-state index in [1.165, 1.54) is 0 Å². The summed E-state index contributed by atoms with van der Waals surface area (Å²) >= 11 is 0. The minimum absolute atomic E-state index is 0.114. The molecule has 0 aliphatic carbocycles. The molecule has 1 aromatic rings. The number of nitrogens with two attached hydrogens (primary N) is 1. The first kappa shape index (κ1) is 15.1. The Balaban J connectivity index is 2.72. The fourth-order valence-corrected chi connectivity index (χ4v) is 1.42. The molecular weight excluding hydrogens is 230 g/mol. The van der Waals surface area contributed by atoms with Gasteiger partial charge in [0, 0.05) is 6.42 Å². The molecular formula is C13H25N3O2. The molecule has 1 heterocycles. The molecule has 1 aromatic heterocycles. The van der Waals surface area contributed by atoms with Crippen LogP contribution in [0.1, 0.15) is 53.3 Å². The first-order chi connectivity index (χ1) is 8.10. The Morgan fingerprint density at radius 1 is 1.28 bits per heavy atom. The van der Waals surface area contributed by atoms with E-state index in [1.54, 1.807) is 0 Å². The lowest BCUT2D eigenvalue weighted by Gasteiger charge is -2.21. The van der Waals surface area contributed by atoms with Gasteiger partial charge in [0.25, 0.3) is 0 Å². The molecule has 2 N–H and O–H groups in total. The van der Waals surface area contributed by atoms with E-state index < -0.39 is 5.54 Å². The van der Waals surface area contributed by atoms with Crippen molar-refractivity contribution in [3.63, 3.8) is 0 Å². The maximum atomic E-state index is 6.15. The highest BCUT2D eigenvalue weighted by Gasteiger charge is 2.29. The molecule has 0 saturated heterocycles. The smallest absolute Gasteiger partial charge is 0.227 e. The van der Waals surface area contributed by atoms with Crippen LogP contribution in [0, 0.1) is 5.41 Å². The molecule has 0 fully saturated rings. The summed E-state index contributed by atoms with van der Waals surface area (Å²) in [6, 6.07) is 0. The predicted octanol–water partition coefficient (Wildman–Crippen LogP) is 2.26. The van der Waals surface area contributed by atoms with Crippen molar-refractivity contribution < 1.29 is 9.26 Å². The molecule has 18 heavy (non-hydrogen) atoms. The van der Waals surface area contributed by atoms with Gasteiger partial charge in [0.1, 0.15) is 5.54 Å². The molecule has 5 heteroatoms. The van der Waals surface area contributed by atoms with Crippen molar-refractivity contribution in [3.05, 3.63) is 11.7 Å². The molecule has 0 saturated carbocycles. The van der Waals surface area contributed by atoms with E-state index in [4.69, 9.17) is 15.0 Å². The molecule has 0 aliphatic heterocycles. The quantitative estimate of drug-likeness (QED) is 0.873. The van der Waals surface area contributed by atoms with Gasteiger partial charge in [0.05, 0.1) is 12.7 Å². The zero-order valence-corrected chi connectivity index (χ0v) is 12.3. The highest BCUT2D eigenvalue weighted by atomic mass is 16.5. The van der Waals surface area contributed by atoms with Crippen LogP contribution in [0.3, 0.4) is 0 Å². The Labute approximate surface area is 109 Å². The van der Waals surface area contributed by atoms with Gasteiger partial charge in [-0.3, -0.25) is 0 Å². The fraction of sp³-hybridized carbons (Fsp3) is 0.846. The zero-order chi connectivity index (χ0) is 14.0. The van der Waals surface area contributed by atoms with Crippen LogP contribution in [-0.2, 0) is 16.7 Å². The van der Waals surface area contributed by atoms with Gasteiger partial charge in [0.15, 0.2) is 5.82 Å². The van der Waals surface area contributed by atoms with Crippen LogP contribution in [0.15, 0.2) is 4.52 Å². The number of hydrogen-bond acceptors (Lipinski definition) is 5. The maximum absolute atomic E-state index is 6.15. The second-order valence-corrected chi connectivity index (χ2v) is 6.53. The number of rotatable bonds is 5. The Bertz CT molecular complexity index is 378. The highest BCUT2D eigenvalue weighted by Crippen LogP contribution is 2.21. The Hall–Kier alpha value is -0.940. The summed E-state index contributed by atoms with van der Waals surface area (Å²) in [6.07, 6.45) is 0.870. The van der Waals surface area contributed by atoms with Gasteiger partial charge in [-0.05, 0) is 26.2 Å². The minimum Gasteiger partial charge on any atom is -0.376 e. The van der Waals surface area contributed by atoms with Gasteiger partial charge in [-0.1, -0.05) is 25.9 Å². The molecule has 5 nitrogen and oxygen atoms in total. The van der Waals surface area contributed by atoms with Gasteiger partial charge < -0.3 is 15.0 Å². The molecule has 0 aliphatic rings. The molecule has 0 aromatic carbocycles. The van der Waals surface area contributed by atoms with E-state index in [9.17, 15) is 0 Å². The maximum Gasteiger partial charge on any atom is 0.227 e. The Morgan fingerprint density at radius 2 is 1.89 bits per heavy atom. The van der Waals surface area contributed by atoms with Gasteiger partial charge in [-0.25, -0.2) is 0 Å². The van der Waals surface area contributed by atoms with Crippen LogP contribution in [0.2, 0.25) is 0 Å². The summed E-state index contributed by atoms with van der Waals surface area (Å²) in [6.45, 7) is 12.5. The SMILES string of the molecule is CC(C)OCC(C)(N)c1noc(CC(C)(C)C)n1. The predicted molar refractivity (Wildman–Crippen MR) is 70.1 cm³/mol. The lowest BCUT2D eigenvalue weighted by molar-refractivity contribution is 0.0410. The molecule has 1 atom stereocenters. The Morgan fingerprint density at radius 3 is 2.39 bits per heavy atom. The normalized spacial score (nSPS) is 16.0. The summed E-state index contributed by atoms with van der Waals surface area (Å²) in [7, 11) is 0. The van der Waals surface area contributed by atoms with E-state index in [2.05, 4.69) is 30.9 Å². The fourth-order valence-electron chi connectivity index (χ4n) is 1.42. The van der Waals surface area contributed by atoms with Crippen molar-refractivity contribution in [2.24, 2.45) is 11.1 Å². The van der Waals surface area contributed by atoms with Crippen LogP contribution >= 0.6 is 0 Å². The van der Waals surface area contributed by atoms with Crippen molar-refractivity contribution in [2.75, 3.05) is 6.61 Å². The molecule has 0 radical (unpaired) electrons. The van der Waals surface area contributed by atoms with Gasteiger partial charge in [-0.15, -0.1) is 0 Å². The summed E-state index contributed by atoms with van der Waals surface area (Å²) in [5.74, 6) is 1.13. The standard InChI is InChI=1S/C13H25N3O2/c1-9(2)17-8-13(6,14)11-15-10(18-16-11)7-12(3,4)5/h9H,7-8,14H2,1-6H3. The van der Waals surface area contributed by atoms with E-state index in [0.29, 0.717) is 18.3 Å². The molecule has 0 amide bonds. The summed E-state index contributed by atoms with van der Waals surface area (Å²) in [5, 5.41) is 3.96. The number of hydrogen-bond donors (Lipinski definition) is 1. The van der Waals surface area contributed by atoms with E-state index in [0.717, 1.165) is 6.42 Å². The number of ether oxygens (including phenoxy) is 1. The monoisotopic (exact) mass is 255 g/mol. The highest BCUT2D eigenvalue weighted by molar-refractivity contribution is 5.02. The van der Waals surface area contributed by atoms with Crippen molar-refractivity contribution >= 4 is 0 Å². The third-order valence-corrected chi connectivity index (χ3v) is 2.38. The zero-order valence-electron chi connectivity index (χ0n) is 12.3. The van der Waals surface area contributed by atoms with Crippen LogP contribution < -0.4 is 5.73 Å². The molecule has 1 unspecified atom stereocenters. The topological polar surface area (TPSA) is 74.2 Å².